The minimum Gasteiger partial charge on any atom is -0.507 e. The summed E-state index contributed by atoms with van der Waals surface area (Å²) in [4.78, 5) is 13.4. The number of phenolic OH excluding ortho intramolecular Hbond substituents is 1. The summed E-state index contributed by atoms with van der Waals surface area (Å²) in [5.41, 5.74) is 1.45. The number of azo groups is 1. The number of ether oxygens (including phenoxy) is 1. The topological polar surface area (TPSA) is 84.1 Å². The van der Waals surface area contributed by atoms with E-state index in [2.05, 4.69) is 14.6 Å². The summed E-state index contributed by atoms with van der Waals surface area (Å²) in [6.45, 7) is 3.90. The second-order valence-electron chi connectivity index (χ2n) is 5.82. The van der Waals surface area contributed by atoms with Gasteiger partial charge in [-0.2, -0.15) is 4.37 Å². The van der Waals surface area contributed by atoms with Crippen LogP contribution in [0.5, 0.6) is 5.75 Å². The lowest BCUT2D eigenvalue weighted by atomic mass is 10.1. The minimum absolute atomic E-state index is 0.0274. The van der Waals surface area contributed by atoms with Crippen LogP contribution in [-0.4, -0.2) is 22.1 Å². The Labute approximate surface area is 162 Å². The molecule has 4 aromatic rings. The number of fused-ring (bicyclic) bond motifs is 2. The van der Waals surface area contributed by atoms with Gasteiger partial charge in [-0.3, -0.25) is 0 Å². The summed E-state index contributed by atoms with van der Waals surface area (Å²) < 4.78 is 10.2. The van der Waals surface area contributed by atoms with Crippen molar-refractivity contribution in [2.75, 3.05) is 6.61 Å². The van der Waals surface area contributed by atoms with Gasteiger partial charge in [-0.05, 0) is 49.6 Å². The maximum Gasteiger partial charge on any atom is 0.340 e. The summed E-state index contributed by atoms with van der Waals surface area (Å²) in [5.74, 6) is -0.511. The second-order valence-corrected chi connectivity index (χ2v) is 7.83. The molecule has 1 N–H and O–H groups in total. The van der Waals surface area contributed by atoms with Crippen LogP contribution < -0.4 is 0 Å². The fraction of sp³-hybridized carbons (Fsp3) is 0.158. The van der Waals surface area contributed by atoms with E-state index in [1.165, 1.54) is 28.9 Å². The molecule has 2 aromatic heterocycles. The predicted molar refractivity (Wildman–Crippen MR) is 108 cm³/mol. The van der Waals surface area contributed by atoms with Gasteiger partial charge in [-0.15, -0.1) is 21.6 Å². The van der Waals surface area contributed by atoms with Crippen LogP contribution in [0.3, 0.4) is 0 Å². The van der Waals surface area contributed by atoms with Gasteiger partial charge in [0, 0.05) is 15.6 Å². The zero-order chi connectivity index (χ0) is 19.0. The zero-order valence-corrected chi connectivity index (χ0v) is 16.2. The molecule has 0 fully saturated rings. The molecule has 0 atom stereocenters. The second kappa shape index (κ2) is 7.05. The van der Waals surface area contributed by atoms with Crippen LogP contribution in [0.2, 0.25) is 0 Å². The highest BCUT2D eigenvalue weighted by molar-refractivity contribution is 7.19. The van der Waals surface area contributed by atoms with E-state index >= 15 is 0 Å². The highest BCUT2D eigenvalue weighted by Crippen LogP contribution is 2.43. The van der Waals surface area contributed by atoms with Crippen molar-refractivity contribution in [3.8, 4) is 5.75 Å². The van der Waals surface area contributed by atoms with Gasteiger partial charge < -0.3 is 9.84 Å². The van der Waals surface area contributed by atoms with Crippen molar-refractivity contribution in [1.29, 1.82) is 0 Å². The molecule has 6 nitrogen and oxygen atoms in total. The predicted octanol–water partition coefficient (Wildman–Crippen LogP) is 6.12. The third kappa shape index (κ3) is 3.17. The molecule has 8 heteroatoms. The first-order chi connectivity index (χ1) is 13.1. The van der Waals surface area contributed by atoms with Gasteiger partial charge in [-0.1, -0.05) is 12.1 Å². The minimum atomic E-state index is -0.538. The Balaban J connectivity index is 1.89. The number of benzene rings is 2. The van der Waals surface area contributed by atoms with Gasteiger partial charge in [0.05, 0.1) is 22.4 Å². The SMILES string of the molecule is CCOC(=O)c1cc(O)c2cc(C)sc2c1/N=N/c1snc2ccccc12. The van der Waals surface area contributed by atoms with Crippen LogP contribution >= 0.6 is 22.9 Å². The van der Waals surface area contributed by atoms with Crippen molar-refractivity contribution >= 4 is 60.5 Å². The number of hydrogen-bond donors (Lipinski definition) is 1. The van der Waals surface area contributed by atoms with Gasteiger partial charge in [-0.25, -0.2) is 4.79 Å². The van der Waals surface area contributed by atoms with E-state index in [-0.39, 0.29) is 17.9 Å². The van der Waals surface area contributed by atoms with Gasteiger partial charge in [0.2, 0.25) is 0 Å². The quantitative estimate of drug-likeness (QED) is 0.332. The Morgan fingerprint density at radius 2 is 2.04 bits per heavy atom. The summed E-state index contributed by atoms with van der Waals surface area (Å²) in [6.07, 6.45) is 0. The molecule has 0 bridgehead atoms. The number of nitrogens with zero attached hydrogens (tertiary/aromatic N) is 3. The molecule has 136 valence electrons. The molecule has 0 aliphatic heterocycles. The third-order valence-corrected chi connectivity index (χ3v) is 5.80. The first-order valence-corrected chi connectivity index (χ1v) is 9.87. The van der Waals surface area contributed by atoms with E-state index in [0.717, 1.165) is 15.8 Å². The molecule has 0 amide bonds. The summed E-state index contributed by atoms with van der Waals surface area (Å²) in [6, 6.07) is 10.9. The first kappa shape index (κ1) is 17.6. The van der Waals surface area contributed by atoms with Crippen molar-refractivity contribution in [1.82, 2.24) is 4.37 Å². The van der Waals surface area contributed by atoms with Crippen molar-refractivity contribution < 1.29 is 14.6 Å². The highest BCUT2D eigenvalue weighted by atomic mass is 32.1. The molecule has 0 aliphatic carbocycles. The van der Waals surface area contributed by atoms with E-state index in [1.54, 1.807) is 6.92 Å². The largest absolute Gasteiger partial charge is 0.507 e. The Hall–Kier alpha value is -2.84. The lowest BCUT2D eigenvalue weighted by Crippen LogP contribution is -2.04. The first-order valence-electron chi connectivity index (χ1n) is 8.28. The molecule has 0 saturated heterocycles. The molecule has 0 aliphatic rings. The smallest absolute Gasteiger partial charge is 0.340 e. The van der Waals surface area contributed by atoms with Crippen LogP contribution in [0.25, 0.3) is 21.0 Å². The maximum absolute atomic E-state index is 12.4. The summed E-state index contributed by atoms with van der Waals surface area (Å²) in [5, 5.41) is 21.3. The molecule has 2 heterocycles. The van der Waals surface area contributed by atoms with Gasteiger partial charge in [0.15, 0.2) is 5.00 Å². The van der Waals surface area contributed by atoms with Crippen LogP contribution in [0, 0.1) is 6.92 Å². The van der Waals surface area contributed by atoms with Crippen molar-refractivity contribution in [2.24, 2.45) is 10.2 Å². The standard InChI is InChI=1S/C19H15N3O3S2/c1-3-25-19(24)13-9-15(23)12-8-10(2)26-17(12)16(13)20-21-18-11-6-4-5-7-14(11)22-27-18/h4-9,23H,3H2,1-2H3/b21-20+. The van der Waals surface area contributed by atoms with Gasteiger partial charge in [0.1, 0.15) is 11.4 Å². The van der Waals surface area contributed by atoms with Crippen LogP contribution in [0.1, 0.15) is 22.2 Å². The van der Waals surface area contributed by atoms with Crippen molar-refractivity contribution in [2.45, 2.75) is 13.8 Å². The molecule has 2 aromatic carbocycles. The number of thiophene rings is 1. The molecule has 27 heavy (non-hydrogen) atoms. The van der Waals surface area contributed by atoms with E-state index in [4.69, 9.17) is 4.74 Å². The molecule has 0 unspecified atom stereocenters. The normalized spacial score (nSPS) is 11.6. The number of aromatic nitrogens is 1. The van der Waals surface area contributed by atoms with E-state index in [9.17, 15) is 9.90 Å². The van der Waals surface area contributed by atoms with E-state index in [0.29, 0.717) is 20.8 Å². The number of phenols is 1. The van der Waals surface area contributed by atoms with E-state index < -0.39 is 5.97 Å². The average molecular weight is 397 g/mol. The molecular weight excluding hydrogens is 382 g/mol. The maximum atomic E-state index is 12.4. The molecule has 0 spiro atoms. The lowest BCUT2D eigenvalue weighted by molar-refractivity contribution is 0.0527. The molecule has 0 radical (unpaired) electrons. The fourth-order valence-corrected chi connectivity index (χ4v) is 4.50. The average Bonchev–Trinajstić information content (AvgIpc) is 3.25. The van der Waals surface area contributed by atoms with E-state index in [1.807, 2.05) is 37.3 Å². The Kier molecular flexibility index (Phi) is 4.59. The number of rotatable bonds is 4. The van der Waals surface area contributed by atoms with Crippen LogP contribution in [0.15, 0.2) is 46.6 Å². The van der Waals surface area contributed by atoms with Crippen LogP contribution in [-0.2, 0) is 4.74 Å². The molecule has 4 rings (SSSR count). The Morgan fingerprint density at radius 3 is 2.85 bits per heavy atom. The van der Waals surface area contributed by atoms with Gasteiger partial charge in [0.25, 0.3) is 0 Å². The lowest BCUT2D eigenvalue weighted by Gasteiger charge is -2.07. The number of carbonyl (C=O) groups is 1. The zero-order valence-electron chi connectivity index (χ0n) is 14.6. The fourth-order valence-electron chi connectivity index (χ4n) is 2.79. The summed E-state index contributed by atoms with van der Waals surface area (Å²) >= 11 is 2.70. The number of hydrogen-bond acceptors (Lipinski definition) is 8. The number of aryl methyl sites for hydroxylation is 1. The van der Waals surface area contributed by atoms with Crippen LogP contribution in [0.4, 0.5) is 10.7 Å². The van der Waals surface area contributed by atoms with Crippen molar-refractivity contribution in [3.05, 3.63) is 46.8 Å². The number of aromatic hydroxyl groups is 1. The Bertz CT molecular complexity index is 1190. The highest BCUT2D eigenvalue weighted by Gasteiger charge is 2.20. The molecule has 0 saturated carbocycles. The number of carbonyl (C=O) groups excluding carboxylic acids is 1. The summed E-state index contributed by atoms with van der Waals surface area (Å²) in [7, 11) is 0. The van der Waals surface area contributed by atoms with Crippen molar-refractivity contribution in [3.63, 3.8) is 0 Å². The third-order valence-electron chi connectivity index (χ3n) is 3.98. The Morgan fingerprint density at radius 1 is 1.22 bits per heavy atom. The van der Waals surface area contributed by atoms with Gasteiger partial charge >= 0.3 is 5.97 Å². The molecular formula is C19H15N3O3S2. The number of esters is 1. The monoisotopic (exact) mass is 397 g/mol.